The number of carbonyl (C=O) groups is 1. The van der Waals surface area contributed by atoms with E-state index in [1.165, 1.54) is 28.6 Å². The van der Waals surface area contributed by atoms with Crippen LogP contribution < -0.4 is 10.1 Å². The number of nitrogens with one attached hydrogen (secondary N) is 1. The van der Waals surface area contributed by atoms with Gasteiger partial charge in [0.2, 0.25) is 10.0 Å². The van der Waals surface area contributed by atoms with Crippen molar-refractivity contribution in [2.24, 2.45) is 0 Å². The second-order valence-corrected chi connectivity index (χ2v) is 8.01. The lowest BCUT2D eigenvalue weighted by atomic mass is 10.1. The minimum atomic E-state index is -3.46. The van der Waals surface area contributed by atoms with Crippen LogP contribution in [0.25, 0.3) is 0 Å². The van der Waals surface area contributed by atoms with Gasteiger partial charge in [0, 0.05) is 19.6 Å². The molecule has 0 fully saturated rings. The molecule has 0 unspecified atom stereocenters. The van der Waals surface area contributed by atoms with Crippen molar-refractivity contribution >= 4 is 15.9 Å². The smallest absolute Gasteiger partial charge is 0.257 e. The van der Waals surface area contributed by atoms with Gasteiger partial charge in [-0.05, 0) is 48.4 Å². The zero-order valence-electron chi connectivity index (χ0n) is 16.0. The number of rotatable bonds is 10. The number of nitrogens with zero attached hydrogens (tertiary/aromatic N) is 1. The van der Waals surface area contributed by atoms with Crippen molar-refractivity contribution in [3.8, 4) is 5.75 Å². The fourth-order valence-electron chi connectivity index (χ4n) is 2.62. The quantitative estimate of drug-likeness (QED) is 0.656. The summed E-state index contributed by atoms with van der Waals surface area (Å²) in [6, 6.07) is 12.1. The van der Waals surface area contributed by atoms with E-state index >= 15 is 0 Å². The van der Waals surface area contributed by atoms with Gasteiger partial charge in [0.1, 0.15) is 11.6 Å². The van der Waals surface area contributed by atoms with Gasteiger partial charge in [-0.25, -0.2) is 12.8 Å². The molecular weight excluding hydrogens is 383 g/mol. The highest BCUT2D eigenvalue weighted by atomic mass is 32.2. The molecular formula is C20H25FN2O4S. The maximum Gasteiger partial charge on any atom is 0.257 e. The van der Waals surface area contributed by atoms with E-state index in [-0.39, 0.29) is 23.2 Å². The van der Waals surface area contributed by atoms with E-state index in [1.54, 1.807) is 38.1 Å². The third kappa shape index (κ3) is 6.03. The molecule has 0 aromatic heterocycles. The second kappa shape index (κ2) is 10.2. The molecule has 0 saturated heterocycles. The predicted octanol–water partition coefficient (Wildman–Crippen LogP) is 2.59. The molecule has 0 aliphatic heterocycles. The van der Waals surface area contributed by atoms with E-state index in [4.69, 9.17) is 4.74 Å². The van der Waals surface area contributed by atoms with Crippen LogP contribution >= 0.6 is 0 Å². The molecule has 2 aromatic rings. The van der Waals surface area contributed by atoms with Crippen molar-refractivity contribution in [1.82, 2.24) is 9.62 Å². The normalized spacial score (nSPS) is 11.4. The van der Waals surface area contributed by atoms with Crippen LogP contribution in [0, 0.1) is 5.82 Å². The van der Waals surface area contributed by atoms with Gasteiger partial charge < -0.3 is 10.1 Å². The summed E-state index contributed by atoms with van der Waals surface area (Å²) in [6.45, 7) is 4.69. The first kappa shape index (κ1) is 21.8. The van der Waals surface area contributed by atoms with Gasteiger partial charge in [0.15, 0.2) is 6.61 Å². The van der Waals surface area contributed by atoms with Crippen molar-refractivity contribution < 1.29 is 22.3 Å². The average Bonchev–Trinajstić information content (AvgIpc) is 2.69. The van der Waals surface area contributed by atoms with Gasteiger partial charge in [0.25, 0.3) is 5.91 Å². The lowest BCUT2D eigenvalue weighted by molar-refractivity contribution is -0.123. The highest BCUT2D eigenvalue weighted by molar-refractivity contribution is 7.89. The number of benzene rings is 2. The molecule has 1 amide bonds. The van der Waals surface area contributed by atoms with Gasteiger partial charge in [-0.3, -0.25) is 4.79 Å². The highest BCUT2D eigenvalue weighted by Crippen LogP contribution is 2.16. The Balaban J connectivity index is 1.80. The van der Waals surface area contributed by atoms with E-state index in [1.807, 2.05) is 0 Å². The Labute approximate surface area is 165 Å². The minimum absolute atomic E-state index is 0.160. The molecule has 2 rings (SSSR count). The third-order valence-electron chi connectivity index (χ3n) is 4.19. The fourth-order valence-corrected chi connectivity index (χ4v) is 4.08. The first-order valence-corrected chi connectivity index (χ1v) is 10.5. The zero-order valence-corrected chi connectivity index (χ0v) is 16.8. The SMILES string of the molecule is CCN(CC)S(=O)(=O)c1ccc(CCNC(=O)COc2ccc(F)cc2)cc1. The second-order valence-electron chi connectivity index (χ2n) is 6.08. The summed E-state index contributed by atoms with van der Waals surface area (Å²) >= 11 is 0. The molecule has 28 heavy (non-hydrogen) atoms. The minimum Gasteiger partial charge on any atom is -0.484 e. The summed E-state index contributed by atoms with van der Waals surface area (Å²) in [4.78, 5) is 12.1. The van der Waals surface area contributed by atoms with Crippen molar-refractivity contribution in [2.45, 2.75) is 25.2 Å². The van der Waals surface area contributed by atoms with Crippen LogP contribution in [0.4, 0.5) is 4.39 Å². The van der Waals surface area contributed by atoms with Crippen LogP contribution in [0.1, 0.15) is 19.4 Å². The molecule has 6 nitrogen and oxygen atoms in total. The van der Waals surface area contributed by atoms with E-state index in [0.717, 1.165) is 5.56 Å². The first-order valence-electron chi connectivity index (χ1n) is 9.11. The number of hydrogen-bond donors (Lipinski definition) is 1. The number of halogens is 1. The first-order chi connectivity index (χ1) is 13.4. The highest BCUT2D eigenvalue weighted by Gasteiger charge is 2.21. The average molecular weight is 408 g/mol. The molecule has 0 spiro atoms. The van der Waals surface area contributed by atoms with Gasteiger partial charge >= 0.3 is 0 Å². The number of hydrogen-bond acceptors (Lipinski definition) is 4. The van der Waals surface area contributed by atoms with Crippen LogP contribution in [0.5, 0.6) is 5.75 Å². The summed E-state index contributed by atoms with van der Waals surface area (Å²) in [6.07, 6.45) is 0.563. The van der Waals surface area contributed by atoms with Crippen LogP contribution in [-0.2, 0) is 21.2 Å². The Morgan fingerprint density at radius 1 is 1.04 bits per heavy atom. The van der Waals surface area contributed by atoms with Crippen molar-refractivity contribution in [2.75, 3.05) is 26.2 Å². The van der Waals surface area contributed by atoms with Crippen LogP contribution in [0.3, 0.4) is 0 Å². The summed E-state index contributed by atoms with van der Waals surface area (Å²) in [7, 11) is -3.46. The Morgan fingerprint density at radius 3 is 2.21 bits per heavy atom. The van der Waals surface area contributed by atoms with Crippen molar-refractivity contribution in [1.29, 1.82) is 0 Å². The lowest BCUT2D eigenvalue weighted by Gasteiger charge is -2.18. The van der Waals surface area contributed by atoms with Gasteiger partial charge in [-0.2, -0.15) is 4.31 Å². The van der Waals surface area contributed by atoms with Gasteiger partial charge in [-0.15, -0.1) is 0 Å². The molecule has 0 aliphatic carbocycles. The molecule has 152 valence electrons. The van der Waals surface area contributed by atoms with Crippen molar-refractivity contribution in [3.05, 3.63) is 59.9 Å². The Morgan fingerprint density at radius 2 is 1.64 bits per heavy atom. The largest absolute Gasteiger partial charge is 0.484 e. The van der Waals surface area contributed by atoms with E-state index in [2.05, 4.69) is 5.32 Å². The van der Waals surface area contributed by atoms with E-state index < -0.39 is 10.0 Å². The fraction of sp³-hybridized carbons (Fsp3) is 0.350. The monoisotopic (exact) mass is 408 g/mol. The van der Waals surface area contributed by atoms with Crippen molar-refractivity contribution in [3.63, 3.8) is 0 Å². The van der Waals surface area contributed by atoms with Gasteiger partial charge in [0.05, 0.1) is 4.90 Å². The predicted molar refractivity (Wildman–Crippen MR) is 105 cm³/mol. The van der Waals surface area contributed by atoms with Crippen LogP contribution in [0.2, 0.25) is 0 Å². The lowest BCUT2D eigenvalue weighted by Crippen LogP contribution is -2.31. The van der Waals surface area contributed by atoms with Crippen LogP contribution in [-0.4, -0.2) is 44.9 Å². The topological polar surface area (TPSA) is 75.7 Å². The number of sulfonamides is 1. The number of carbonyl (C=O) groups excluding carboxylic acids is 1. The van der Waals surface area contributed by atoms with Crippen LogP contribution in [0.15, 0.2) is 53.4 Å². The number of ether oxygens (including phenoxy) is 1. The molecule has 0 atom stereocenters. The molecule has 0 radical (unpaired) electrons. The summed E-state index contributed by atoms with van der Waals surface area (Å²) in [5, 5.41) is 2.73. The Kier molecular flexibility index (Phi) is 7.95. The maximum absolute atomic E-state index is 12.8. The zero-order chi connectivity index (χ0) is 20.6. The molecule has 2 aromatic carbocycles. The Hall–Kier alpha value is -2.45. The summed E-state index contributed by atoms with van der Waals surface area (Å²) < 4.78 is 44.4. The summed E-state index contributed by atoms with van der Waals surface area (Å²) in [5.41, 5.74) is 0.915. The summed E-state index contributed by atoms with van der Waals surface area (Å²) in [5.74, 6) is -0.237. The van der Waals surface area contributed by atoms with E-state index in [9.17, 15) is 17.6 Å². The molecule has 0 saturated carbocycles. The Bertz CT molecular complexity index is 864. The molecule has 0 heterocycles. The number of amides is 1. The molecule has 1 N–H and O–H groups in total. The van der Waals surface area contributed by atoms with E-state index in [0.29, 0.717) is 31.8 Å². The molecule has 0 aliphatic rings. The molecule has 0 bridgehead atoms. The molecule has 8 heteroatoms. The van der Waals surface area contributed by atoms with Gasteiger partial charge in [-0.1, -0.05) is 26.0 Å². The maximum atomic E-state index is 12.8. The third-order valence-corrected chi connectivity index (χ3v) is 6.25. The standard InChI is InChI=1S/C20H25FN2O4S/c1-3-23(4-2)28(25,26)19-11-5-16(6-12-19)13-14-22-20(24)15-27-18-9-7-17(21)8-10-18/h5-12H,3-4,13-15H2,1-2H3,(H,22,24).